The van der Waals surface area contributed by atoms with E-state index in [1.807, 2.05) is 62.3 Å². The van der Waals surface area contributed by atoms with Crippen LogP contribution in [0.4, 0.5) is 8.78 Å². The van der Waals surface area contributed by atoms with Gasteiger partial charge in [0, 0.05) is 5.56 Å². The van der Waals surface area contributed by atoms with Crippen molar-refractivity contribution in [1.29, 1.82) is 0 Å². The summed E-state index contributed by atoms with van der Waals surface area (Å²) in [5.41, 5.74) is 1.89. The van der Waals surface area contributed by atoms with Gasteiger partial charge in [-0.3, -0.25) is 4.79 Å². The molecule has 0 amide bonds. The van der Waals surface area contributed by atoms with E-state index in [1.165, 1.54) is 12.1 Å². The van der Waals surface area contributed by atoms with Gasteiger partial charge in [-0.1, -0.05) is 41.5 Å². The maximum Gasteiger partial charge on any atom is 0.310 e. The average Bonchev–Trinajstić information content (AvgIpc) is 2.46. The first-order chi connectivity index (χ1) is 11.4. The molecule has 0 aliphatic rings. The highest BCUT2D eigenvalue weighted by molar-refractivity contribution is 5.74. The van der Waals surface area contributed by atoms with Gasteiger partial charge >= 0.3 is 5.97 Å². The van der Waals surface area contributed by atoms with E-state index >= 15 is 0 Å². The van der Waals surface area contributed by atoms with Crippen molar-refractivity contribution in [1.82, 2.24) is 0 Å². The Balaban J connectivity index is 0.00000277. The molecule has 2 nitrogen and oxygen atoms in total. The predicted octanol–water partition coefficient (Wildman–Crippen LogP) is 6.78. The van der Waals surface area contributed by atoms with E-state index in [9.17, 15) is 13.6 Å². The molecule has 0 fully saturated rings. The van der Waals surface area contributed by atoms with Gasteiger partial charge in [0.25, 0.3) is 6.43 Å². The second kappa shape index (κ2) is 9.88. The van der Waals surface area contributed by atoms with Crippen LogP contribution in [0.3, 0.4) is 0 Å². The molecular formula is C21H34F2O2. The SMILES string of the molecule is CC.CC(C)c1cc(C(F)F)cc(C(C)C)c1CC(=O)OC(C)(C)C. The van der Waals surface area contributed by atoms with Crippen LogP contribution >= 0.6 is 0 Å². The highest BCUT2D eigenvalue weighted by Crippen LogP contribution is 2.33. The molecule has 4 heteroatoms. The van der Waals surface area contributed by atoms with Gasteiger partial charge in [0.1, 0.15) is 5.60 Å². The summed E-state index contributed by atoms with van der Waals surface area (Å²) in [4.78, 5) is 12.2. The first-order valence-corrected chi connectivity index (χ1v) is 9.09. The van der Waals surface area contributed by atoms with Gasteiger partial charge in [0.15, 0.2) is 0 Å². The lowest BCUT2D eigenvalue weighted by Crippen LogP contribution is -2.25. The number of hydrogen-bond donors (Lipinski definition) is 0. The number of alkyl halides is 2. The lowest BCUT2D eigenvalue weighted by atomic mass is 9.85. The van der Waals surface area contributed by atoms with Crippen LogP contribution in [0, 0.1) is 0 Å². The van der Waals surface area contributed by atoms with E-state index in [1.54, 1.807) is 0 Å². The van der Waals surface area contributed by atoms with Crippen molar-refractivity contribution in [3.8, 4) is 0 Å². The minimum atomic E-state index is -2.51. The Bertz CT molecular complexity index is 526. The number of esters is 1. The summed E-state index contributed by atoms with van der Waals surface area (Å²) in [5, 5.41) is 0. The fourth-order valence-corrected chi connectivity index (χ4v) is 2.62. The van der Waals surface area contributed by atoms with E-state index in [4.69, 9.17) is 4.74 Å². The molecule has 0 radical (unpaired) electrons. The first kappa shape index (κ1) is 23.5. The van der Waals surface area contributed by atoms with Crippen LogP contribution in [0.25, 0.3) is 0 Å². The maximum atomic E-state index is 13.2. The topological polar surface area (TPSA) is 26.3 Å². The van der Waals surface area contributed by atoms with Crippen molar-refractivity contribution in [2.24, 2.45) is 0 Å². The van der Waals surface area contributed by atoms with Gasteiger partial charge in [-0.05, 0) is 61.4 Å². The third-order valence-corrected chi connectivity index (χ3v) is 3.58. The lowest BCUT2D eigenvalue weighted by Gasteiger charge is -2.24. The van der Waals surface area contributed by atoms with Crippen molar-refractivity contribution in [2.45, 2.75) is 92.6 Å². The highest BCUT2D eigenvalue weighted by Gasteiger charge is 2.23. The fourth-order valence-electron chi connectivity index (χ4n) is 2.62. The molecule has 0 saturated heterocycles. The Morgan fingerprint density at radius 3 is 1.68 bits per heavy atom. The Labute approximate surface area is 152 Å². The van der Waals surface area contributed by atoms with Crippen LogP contribution in [0.2, 0.25) is 0 Å². The number of carbonyl (C=O) groups excluding carboxylic acids is 1. The summed E-state index contributed by atoms with van der Waals surface area (Å²) in [5.74, 6) is -0.210. The molecule has 0 unspecified atom stereocenters. The van der Waals surface area contributed by atoms with E-state index in [2.05, 4.69) is 0 Å². The standard InChI is InChI=1S/C19H28F2O2.C2H6/c1-11(2)14-8-13(18(20)21)9-15(12(3)4)16(14)10-17(22)23-19(5,6)7;1-2/h8-9,11-12,18H,10H2,1-7H3;1-2H3. The molecule has 0 heterocycles. The molecule has 1 aromatic carbocycles. The normalized spacial score (nSPS) is 11.6. The Morgan fingerprint density at radius 2 is 1.40 bits per heavy atom. The summed E-state index contributed by atoms with van der Waals surface area (Å²) in [6.07, 6.45) is -2.40. The second-order valence-corrected chi connectivity index (χ2v) is 7.55. The number of ether oxygens (including phenoxy) is 1. The van der Waals surface area contributed by atoms with Gasteiger partial charge in [-0.25, -0.2) is 8.78 Å². The van der Waals surface area contributed by atoms with Crippen LogP contribution < -0.4 is 0 Å². The zero-order valence-corrected chi connectivity index (χ0v) is 17.2. The summed E-state index contributed by atoms with van der Waals surface area (Å²) in [6.45, 7) is 17.3. The van der Waals surface area contributed by atoms with Crippen molar-refractivity contribution in [3.05, 3.63) is 34.4 Å². The van der Waals surface area contributed by atoms with Gasteiger partial charge < -0.3 is 4.74 Å². The van der Waals surface area contributed by atoms with E-state index in [0.29, 0.717) is 0 Å². The molecule has 0 aromatic heterocycles. The molecular weight excluding hydrogens is 322 g/mol. The quantitative estimate of drug-likeness (QED) is 0.543. The second-order valence-electron chi connectivity index (χ2n) is 7.55. The summed E-state index contributed by atoms with van der Waals surface area (Å²) >= 11 is 0. The smallest absolute Gasteiger partial charge is 0.310 e. The lowest BCUT2D eigenvalue weighted by molar-refractivity contribution is -0.153. The molecule has 1 aromatic rings. The van der Waals surface area contributed by atoms with E-state index < -0.39 is 12.0 Å². The predicted molar refractivity (Wildman–Crippen MR) is 100 cm³/mol. The summed E-state index contributed by atoms with van der Waals surface area (Å²) in [7, 11) is 0. The Morgan fingerprint density at radius 1 is 1.00 bits per heavy atom. The van der Waals surface area contributed by atoms with Crippen molar-refractivity contribution in [2.75, 3.05) is 0 Å². The number of halogens is 2. The van der Waals surface area contributed by atoms with Crippen LogP contribution in [-0.4, -0.2) is 11.6 Å². The van der Waals surface area contributed by atoms with Crippen molar-refractivity contribution < 1.29 is 18.3 Å². The first-order valence-electron chi connectivity index (χ1n) is 9.09. The van der Waals surface area contributed by atoms with Crippen molar-refractivity contribution in [3.63, 3.8) is 0 Å². The summed E-state index contributed by atoms with van der Waals surface area (Å²) in [6, 6.07) is 3.06. The molecule has 0 aliphatic heterocycles. The molecule has 0 saturated carbocycles. The van der Waals surface area contributed by atoms with Crippen LogP contribution in [0.1, 0.15) is 103 Å². The average molecular weight is 356 g/mol. The van der Waals surface area contributed by atoms with Crippen LogP contribution in [0.5, 0.6) is 0 Å². The monoisotopic (exact) mass is 356 g/mol. The molecule has 1 rings (SSSR count). The molecule has 0 bridgehead atoms. The van der Waals surface area contributed by atoms with E-state index in [-0.39, 0.29) is 29.8 Å². The van der Waals surface area contributed by atoms with Crippen LogP contribution in [-0.2, 0) is 16.0 Å². The number of hydrogen-bond acceptors (Lipinski definition) is 2. The Kier molecular flexibility index (Phi) is 9.31. The highest BCUT2D eigenvalue weighted by atomic mass is 19.3. The minimum Gasteiger partial charge on any atom is -0.460 e. The fraction of sp³-hybridized carbons (Fsp3) is 0.667. The third kappa shape index (κ3) is 7.54. The molecule has 0 atom stereocenters. The molecule has 0 spiro atoms. The Hall–Kier alpha value is -1.45. The largest absolute Gasteiger partial charge is 0.460 e. The number of rotatable bonds is 5. The number of benzene rings is 1. The molecule has 25 heavy (non-hydrogen) atoms. The van der Waals surface area contributed by atoms with Crippen LogP contribution in [0.15, 0.2) is 12.1 Å². The zero-order chi connectivity index (χ0) is 19.9. The maximum absolute atomic E-state index is 13.2. The zero-order valence-electron chi connectivity index (χ0n) is 17.2. The minimum absolute atomic E-state index is 0.0188. The van der Waals surface area contributed by atoms with Crippen molar-refractivity contribution >= 4 is 5.97 Å². The van der Waals surface area contributed by atoms with Gasteiger partial charge in [-0.15, -0.1) is 0 Å². The van der Waals surface area contributed by atoms with Gasteiger partial charge in [0.05, 0.1) is 6.42 Å². The van der Waals surface area contributed by atoms with Gasteiger partial charge in [0.2, 0.25) is 0 Å². The molecule has 0 N–H and O–H groups in total. The third-order valence-electron chi connectivity index (χ3n) is 3.58. The summed E-state index contributed by atoms with van der Waals surface area (Å²) < 4.78 is 31.8. The van der Waals surface area contributed by atoms with Gasteiger partial charge in [-0.2, -0.15) is 0 Å². The van der Waals surface area contributed by atoms with E-state index in [0.717, 1.165) is 16.7 Å². The molecule has 144 valence electrons. The number of carbonyl (C=O) groups is 1. The molecule has 0 aliphatic carbocycles.